The van der Waals surface area contributed by atoms with E-state index in [-0.39, 0.29) is 12.1 Å². The number of hydrogen-bond donors (Lipinski definition) is 1. The van der Waals surface area contributed by atoms with E-state index in [0.29, 0.717) is 0 Å². The van der Waals surface area contributed by atoms with Crippen molar-refractivity contribution >= 4 is 15.9 Å². The fraction of sp³-hybridized carbons (Fsp3) is 0.400. The van der Waals surface area contributed by atoms with Gasteiger partial charge in [-0.1, -0.05) is 22.0 Å². The zero-order valence-electron chi connectivity index (χ0n) is 12.2. The minimum atomic E-state index is -0.272. The number of rotatable bonds is 4. The average Bonchev–Trinajstić information content (AvgIpc) is 2.80. The molecule has 0 fully saturated rings. The quantitative estimate of drug-likeness (QED) is 0.927. The largest absolute Gasteiger partial charge is 0.493 e. The van der Waals surface area contributed by atoms with Gasteiger partial charge in [0.15, 0.2) is 5.75 Å². The van der Waals surface area contributed by atoms with E-state index in [2.05, 4.69) is 53.9 Å². The van der Waals surface area contributed by atoms with Gasteiger partial charge in [-0.05, 0) is 44.0 Å². The number of benzene rings is 1. The van der Waals surface area contributed by atoms with E-state index in [1.165, 1.54) is 5.56 Å². The van der Waals surface area contributed by atoms with E-state index in [4.69, 9.17) is 10.5 Å². The molecule has 1 unspecified atom stereocenters. The SMILES string of the molecule is COc1cnn(C(C)C)c1C(N)c1cc(C)cc(Br)c1. The number of ether oxygens (including phenoxy) is 1. The number of aromatic nitrogens is 2. The van der Waals surface area contributed by atoms with E-state index < -0.39 is 0 Å². The minimum Gasteiger partial charge on any atom is -0.493 e. The third-order valence-electron chi connectivity index (χ3n) is 3.23. The van der Waals surface area contributed by atoms with Crippen LogP contribution >= 0.6 is 15.9 Å². The van der Waals surface area contributed by atoms with E-state index in [1.54, 1.807) is 13.3 Å². The third kappa shape index (κ3) is 2.88. The van der Waals surface area contributed by atoms with Gasteiger partial charge in [0.1, 0.15) is 5.69 Å². The fourth-order valence-corrected chi connectivity index (χ4v) is 2.95. The second-order valence-corrected chi connectivity index (χ2v) is 6.09. The summed E-state index contributed by atoms with van der Waals surface area (Å²) >= 11 is 3.52. The van der Waals surface area contributed by atoms with Gasteiger partial charge < -0.3 is 10.5 Å². The van der Waals surface area contributed by atoms with Crippen molar-refractivity contribution in [3.05, 3.63) is 45.7 Å². The Morgan fingerprint density at radius 2 is 2.00 bits per heavy atom. The molecule has 4 nitrogen and oxygen atoms in total. The van der Waals surface area contributed by atoms with Crippen LogP contribution in [0.15, 0.2) is 28.9 Å². The van der Waals surface area contributed by atoms with Gasteiger partial charge in [0.2, 0.25) is 0 Å². The summed E-state index contributed by atoms with van der Waals surface area (Å²) in [4.78, 5) is 0. The van der Waals surface area contributed by atoms with E-state index >= 15 is 0 Å². The summed E-state index contributed by atoms with van der Waals surface area (Å²) in [6, 6.07) is 6.15. The van der Waals surface area contributed by atoms with Crippen LogP contribution in [0, 0.1) is 6.92 Å². The molecule has 108 valence electrons. The number of aryl methyl sites for hydroxylation is 1. The summed E-state index contributed by atoms with van der Waals surface area (Å²) < 4.78 is 8.35. The average molecular weight is 338 g/mol. The summed E-state index contributed by atoms with van der Waals surface area (Å²) in [6.45, 7) is 6.21. The highest BCUT2D eigenvalue weighted by molar-refractivity contribution is 9.10. The lowest BCUT2D eigenvalue weighted by Crippen LogP contribution is -2.19. The molecule has 0 bridgehead atoms. The van der Waals surface area contributed by atoms with Gasteiger partial charge in [0, 0.05) is 10.5 Å². The predicted molar refractivity (Wildman–Crippen MR) is 84.1 cm³/mol. The Hall–Kier alpha value is -1.33. The molecule has 1 aromatic carbocycles. The van der Waals surface area contributed by atoms with Crippen LogP contribution in [0.1, 0.15) is 42.8 Å². The molecule has 0 amide bonds. The maximum absolute atomic E-state index is 6.45. The van der Waals surface area contributed by atoms with Crippen molar-refractivity contribution in [2.24, 2.45) is 5.73 Å². The van der Waals surface area contributed by atoms with Crippen molar-refractivity contribution in [3.8, 4) is 5.75 Å². The summed E-state index contributed by atoms with van der Waals surface area (Å²) in [6.07, 6.45) is 1.72. The fourth-order valence-electron chi connectivity index (χ4n) is 2.32. The van der Waals surface area contributed by atoms with Crippen molar-refractivity contribution in [1.29, 1.82) is 0 Å². The maximum Gasteiger partial charge on any atom is 0.161 e. The Labute approximate surface area is 128 Å². The number of nitrogens with zero attached hydrogens (tertiary/aromatic N) is 2. The van der Waals surface area contributed by atoms with Crippen LogP contribution < -0.4 is 10.5 Å². The molecule has 2 N–H and O–H groups in total. The molecule has 2 aromatic rings. The molecule has 0 radical (unpaired) electrons. The van der Waals surface area contributed by atoms with Crippen molar-refractivity contribution in [2.75, 3.05) is 7.11 Å². The van der Waals surface area contributed by atoms with Gasteiger partial charge in [-0.25, -0.2) is 0 Å². The molecule has 2 rings (SSSR count). The lowest BCUT2D eigenvalue weighted by atomic mass is 10.0. The zero-order valence-corrected chi connectivity index (χ0v) is 13.8. The first-order chi connectivity index (χ1) is 9.43. The van der Waals surface area contributed by atoms with Crippen molar-refractivity contribution in [1.82, 2.24) is 9.78 Å². The second-order valence-electron chi connectivity index (χ2n) is 5.18. The molecule has 1 atom stereocenters. The highest BCUT2D eigenvalue weighted by Crippen LogP contribution is 2.31. The lowest BCUT2D eigenvalue weighted by molar-refractivity contribution is 0.401. The highest BCUT2D eigenvalue weighted by atomic mass is 79.9. The molecule has 0 aliphatic heterocycles. The van der Waals surface area contributed by atoms with E-state index in [1.807, 2.05) is 10.7 Å². The molecule has 0 saturated heterocycles. The number of nitrogens with two attached hydrogens (primary N) is 1. The normalized spacial score (nSPS) is 12.8. The summed E-state index contributed by atoms with van der Waals surface area (Å²) in [5.41, 5.74) is 9.56. The van der Waals surface area contributed by atoms with Crippen LogP contribution in [0.4, 0.5) is 0 Å². The van der Waals surface area contributed by atoms with Gasteiger partial charge in [-0.2, -0.15) is 5.10 Å². The Morgan fingerprint density at radius 1 is 1.30 bits per heavy atom. The summed E-state index contributed by atoms with van der Waals surface area (Å²) in [7, 11) is 1.64. The standard InChI is InChI=1S/C15H20BrN3O/c1-9(2)19-15(13(20-4)8-18-19)14(17)11-5-10(3)6-12(16)7-11/h5-9,14H,17H2,1-4H3. The first kappa shape index (κ1) is 15.1. The van der Waals surface area contributed by atoms with Crippen LogP contribution in [-0.2, 0) is 0 Å². The number of halogens is 1. The minimum absolute atomic E-state index is 0.230. The van der Waals surface area contributed by atoms with Crippen molar-refractivity contribution < 1.29 is 4.74 Å². The molecule has 0 aliphatic rings. The highest BCUT2D eigenvalue weighted by Gasteiger charge is 2.22. The number of methoxy groups -OCH3 is 1. The molecular weight excluding hydrogens is 318 g/mol. The van der Waals surface area contributed by atoms with Gasteiger partial charge in [-0.3, -0.25) is 4.68 Å². The van der Waals surface area contributed by atoms with Crippen LogP contribution in [-0.4, -0.2) is 16.9 Å². The van der Waals surface area contributed by atoms with Crippen LogP contribution in [0.25, 0.3) is 0 Å². The predicted octanol–water partition coefficient (Wildman–Crippen LogP) is 3.59. The monoisotopic (exact) mass is 337 g/mol. The van der Waals surface area contributed by atoms with Crippen LogP contribution in [0.3, 0.4) is 0 Å². The van der Waals surface area contributed by atoms with Crippen molar-refractivity contribution in [3.63, 3.8) is 0 Å². The third-order valence-corrected chi connectivity index (χ3v) is 3.68. The second kappa shape index (κ2) is 5.97. The Bertz CT molecular complexity index is 587. The van der Waals surface area contributed by atoms with E-state index in [0.717, 1.165) is 21.5 Å². The molecule has 20 heavy (non-hydrogen) atoms. The summed E-state index contributed by atoms with van der Waals surface area (Å²) in [5, 5.41) is 4.38. The summed E-state index contributed by atoms with van der Waals surface area (Å²) in [5.74, 6) is 0.726. The van der Waals surface area contributed by atoms with E-state index in [9.17, 15) is 0 Å². The molecule has 5 heteroatoms. The topological polar surface area (TPSA) is 53.1 Å². The van der Waals surface area contributed by atoms with Crippen molar-refractivity contribution in [2.45, 2.75) is 32.9 Å². The van der Waals surface area contributed by atoms with Crippen LogP contribution in [0.5, 0.6) is 5.75 Å². The lowest BCUT2D eigenvalue weighted by Gasteiger charge is -2.19. The van der Waals surface area contributed by atoms with Gasteiger partial charge in [0.25, 0.3) is 0 Å². The molecule has 0 aliphatic carbocycles. The molecule has 1 aromatic heterocycles. The molecule has 0 spiro atoms. The Morgan fingerprint density at radius 3 is 2.55 bits per heavy atom. The Kier molecular flexibility index (Phi) is 4.50. The van der Waals surface area contributed by atoms with Crippen LogP contribution in [0.2, 0.25) is 0 Å². The first-order valence-electron chi connectivity index (χ1n) is 6.58. The van der Waals surface area contributed by atoms with Gasteiger partial charge >= 0.3 is 0 Å². The van der Waals surface area contributed by atoms with Gasteiger partial charge in [-0.15, -0.1) is 0 Å². The maximum atomic E-state index is 6.45. The Balaban J connectivity index is 2.51. The van der Waals surface area contributed by atoms with Gasteiger partial charge in [0.05, 0.1) is 19.3 Å². The number of hydrogen-bond acceptors (Lipinski definition) is 3. The first-order valence-corrected chi connectivity index (χ1v) is 7.37. The smallest absolute Gasteiger partial charge is 0.161 e. The molecule has 0 saturated carbocycles. The molecule has 1 heterocycles. The molecular formula is C15H20BrN3O. The zero-order chi connectivity index (χ0) is 14.9.